The summed E-state index contributed by atoms with van der Waals surface area (Å²) < 4.78 is 4.91. The Morgan fingerprint density at radius 2 is 2.27 bits per heavy atom. The molecular weight excluding hydrogens is 192 g/mol. The molecule has 1 saturated carbocycles. The van der Waals surface area contributed by atoms with E-state index in [1.807, 2.05) is 0 Å². The Morgan fingerprint density at radius 3 is 2.87 bits per heavy atom. The maximum Gasteiger partial charge on any atom is 0.0791 e. The first-order valence-electron chi connectivity index (χ1n) is 5.78. The molecule has 0 bridgehead atoms. The maximum absolute atomic E-state index is 9.71. The molecule has 1 aliphatic rings. The monoisotopic (exact) mass is 216 g/mol. The molecule has 90 valence electrons. The lowest BCUT2D eigenvalue weighted by atomic mass is 10.3. The van der Waals surface area contributed by atoms with Crippen molar-refractivity contribution in [2.75, 3.05) is 46.9 Å². The van der Waals surface area contributed by atoms with Crippen LogP contribution in [0.15, 0.2) is 0 Å². The molecule has 1 fully saturated rings. The van der Waals surface area contributed by atoms with Crippen molar-refractivity contribution < 1.29 is 9.84 Å². The van der Waals surface area contributed by atoms with E-state index in [1.54, 1.807) is 7.11 Å². The van der Waals surface area contributed by atoms with Crippen molar-refractivity contribution in [1.29, 1.82) is 0 Å². The summed E-state index contributed by atoms with van der Waals surface area (Å²) in [4.78, 5) is 2.22. The molecular formula is C11H24N2O2. The van der Waals surface area contributed by atoms with Gasteiger partial charge in [0.25, 0.3) is 0 Å². The first-order chi connectivity index (χ1) is 7.22. The number of aliphatic hydroxyl groups excluding tert-OH is 1. The number of nitrogens with zero attached hydrogens (tertiary/aromatic N) is 1. The molecule has 0 radical (unpaired) electrons. The van der Waals surface area contributed by atoms with Crippen LogP contribution in [0.25, 0.3) is 0 Å². The van der Waals surface area contributed by atoms with Crippen molar-refractivity contribution in [3.63, 3.8) is 0 Å². The molecule has 1 unspecified atom stereocenters. The number of hydrogen-bond acceptors (Lipinski definition) is 4. The fourth-order valence-corrected chi connectivity index (χ4v) is 1.68. The van der Waals surface area contributed by atoms with Gasteiger partial charge in [-0.15, -0.1) is 0 Å². The van der Waals surface area contributed by atoms with E-state index >= 15 is 0 Å². The largest absolute Gasteiger partial charge is 0.390 e. The standard InChI is InChI=1S/C11H24N2O2/c1-13(8-10-3-4-10)9-11(14)7-12-5-6-15-2/h10-12,14H,3-9H2,1-2H3. The second-order valence-electron chi connectivity index (χ2n) is 4.52. The van der Waals surface area contributed by atoms with Gasteiger partial charge in [0.1, 0.15) is 0 Å². The summed E-state index contributed by atoms with van der Waals surface area (Å²) >= 11 is 0. The molecule has 0 aromatic rings. The second kappa shape index (κ2) is 7.17. The molecule has 2 N–H and O–H groups in total. The van der Waals surface area contributed by atoms with Gasteiger partial charge in [-0.1, -0.05) is 0 Å². The maximum atomic E-state index is 9.71. The van der Waals surface area contributed by atoms with Gasteiger partial charge in [0.2, 0.25) is 0 Å². The molecule has 0 aromatic heterocycles. The lowest BCUT2D eigenvalue weighted by molar-refractivity contribution is 0.118. The predicted octanol–water partition coefficient (Wildman–Crippen LogP) is -0.0749. The highest BCUT2D eigenvalue weighted by molar-refractivity contribution is 4.77. The third-order valence-corrected chi connectivity index (χ3v) is 2.65. The number of nitrogens with one attached hydrogen (secondary N) is 1. The van der Waals surface area contributed by atoms with Crippen LogP contribution in [0.5, 0.6) is 0 Å². The van der Waals surface area contributed by atoms with Gasteiger partial charge < -0.3 is 20.1 Å². The fraction of sp³-hybridized carbons (Fsp3) is 1.00. The molecule has 0 saturated heterocycles. The molecule has 0 aliphatic heterocycles. The summed E-state index contributed by atoms with van der Waals surface area (Å²) in [5.74, 6) is 0.892. The number of ether oxygens (including phenoxy) is 1. The van der Waals surface area contributed by atoms with Gasteiger partial charge in [-0.25, -0.2) is 0 Å². The highest BCUT2D eigenvalue weighted by atomic mass is 16.5. The van der Waals surface area contributed by atoms with E-state index in [-0.39, 0.29) is 6.10 Å². The smallest absolute Gasteiger partial charge is 0.0791 e. The third kappa shape index (κ3) is 6.84. The average molecular weight is 216 g/mol. The Balaban J connectivity index is 1.93. The summed E-state index contributed by atoms with van der Waals surface area (Å²) in [5.41, 5.74) is 0. The zero-order valence-electron chi connectivity index (χ0n) is 9.91. The normalized spacial score (nSPS) is 18.4. The van der Waals surface area contributed by atoms with Crippen LogP contribution >= 0.6 is 0 Å². The lowest BCUT2D eigenvalue weighted by Gasteiger charge is -2.20. The van der Waals surface area contributed by atoms with E-state index in [1.165, 1.54) is 12.8 Å². The van der Waals surface area contributed by atoms with Crippen LogP contribution in [0.4, 0.5) is 0 Å². The van der Waals surface area contributed by atoms with Crippen molar-refractivity contribution in [3.05, 3.63) is 0 Å². The fourth-order valence-electron chi connectivity index (χ4n) is 1.68. The minimum atomic E-state index is -0.273. The molecule has 0 amide bonds. The van der Waals surface area contributed by atoms with Gasteiger partial charge in [-0.2, -0.15) is 0 Å². The van der Waals surface area contributed by atoms with Gasteiger partial charge in [-0.05, 0) is 25.8 Å². The summed E-state index contributed by atoms with van der Waals surface area (Å²) in [6, 6.07) is 0. The molecule has 1 rings (SSSR count). The molecule has 0 heterocycles. The second-order valence-corrected chi connectivity index (χ2v) is 4.52. The van der Waals surface area contributed by atoms with E-state index in [9.17, 15) is 5.11 Å². The number of rotatable bonds is 9. The van der Waals surface area contributed by atoms with Crippen molar-refractivity contribution in [1.82, 2.24) is 10.2 Å². The highest BCUT2D eigenvalue weighted by Gasteiger charge is 2.23. The van der Waals surface area contributed by atoms with E-state index in [0.29, 0.717) is 13.2 Å². The topological polar surface area (TPSA) is 44.7 Å². The Morgan fingerprint density at radius 1 is 1.53 bits per heavy atom. The number of methoxy groups -OCH3 is 1. The van der Waals surface area contributed by atoms with Gasteiger partial charge in [0.05, 0.1) is 12.7 Å². The van der Waals surface area contributed by atoms with E-state index in [4.69, 9.17) is 4.74 Å². The quantitative estimate of drug-likeness (QED) is 0.529. The number of hydrogen-bond donors (Lipinski definition) is 2. The first kappa shape index (κ1) is 12.9. The average Bonchev–Trinajstić information content (AvgIpc) is 2.96. The zero-order chi connectivity index (χ0) is 11.1. The van der Waals surface area contributed by atoms with Crippen LogP contribution in [0.1, 0.15) is 12.8 Å². The summed E-state index contributed by atoms with van der Waals surface area (Å²) in [6.07, 6.45) is 2.46. The minimum Gasteiger partial charge on any atom is -0.390 e. The SMILES string of the molecule is COCCNCC(O)CN(C)CC1CC1. The first-order valence-corrected chi connectivity index (χ1v) is 5.78. The Hall–Kier alpha value is -0.160. The molecule has 1 atom stereocenters. The Labute approximate surface area is 92.6 Å². The zero-order valence-corrected chi connectivity index (χ0v) is 9.91. The summed E-state index contributed by atoms with van der Waals surface area (Å²) in [6.45, 7) is 4.05. The third-order valence-electron chi connectivity index (χ3n) is 2.65. The molecule has 0 aromatic carbocycles. The van der Waals surface area contributed by atoms with Gasteiger partial charge >= 0.3 is 0 Å². The summed E-state index contributed by atoms with van der Waals surface area (Å²) in [7, 11) is 3.76. The van der Waals surface area contributed by atoms with E-state index < -0.39 is 0 Å². The van der Waals surface area contributed by atoms with Crippen molar-refractivity contribution in [2.24, 2.45) is 5.92 Å². The lowest BCUT2D eigenvalue weighted by Crippen LogP contribution is -2.38. The van der Waals surface area contributed by atoms with Crippen LogP contribution in [0.2, 0.25) is 0 Å². The number of aliphatic hydroxyl groups is 1. The van der Waals surface area contributed by atoms with Crippen LogP contribution in [0.3, 0.4) is 0 Å². The van der Waals surface area contributed by atoms with E-state index in [2.05, 4.69) is 17.3 Å². The molecule has 1 aliphatic carbocycles. The van der Waals surface area contributed by atoms with Gasteiger partial charge in [0.15, 0.2) is 0 Å². The van der Waals surface area contributed by atoms with Gasteiger partial charge in [-0.3, -0.25) is 0 Å². The van der Waals surface area contributed by atoms with Crippen LogP contribution in [-0.2, 0) is 4.74 Å². The van der Waals surface area contributed by atoms with Gasteiger partial charge in [0, 0.05) is 33.3 Å². The van der Waals surface area contributed by atoms with Crippen LogP contribution in [-0.4, -0.2) is 63.1 Å². The predicted molar refractivity (Wildman–Crippen MR) is 61.0 cm³/mol. The Kier molecular flexibility index (Phi) is 6.17. The molecule has 4 heteroatoms. The van der Waals surface area contributed by atoms with Crippen molar-refractivity contribution in [3.8, 4) is 0 Å². The molecule has 4 nitrogen and oxygen atoms in total. The Bertz CT molecular complexity index is 163. The van der Waals surface area contributed by atoms with Crippen LogP contribution < -0.4 is 5.32 Å². The van der Waals surface area contributed by atoms with Crippen molar-refractivity contribution >= 4 is 0 Å². The molecule has 15 heavy (non-hydrogen) atoms. The number of likely N-dealkylation sites (N-methyl/N-ethyl adjacent to an activating group) is 1. The van der Waals surface area contributed by atoms with Crippen molar-refractivity contribution in [2.45, 2.75) is 18.9 Å². The van der Waals surface area contributed by atoms with Crippen LogP contribution in [0, 0.1) is 5.92 Å². The van der Waals surface area contributed by atoms with E-state index in [0.717, 1.165) is 25.6 Å². The minimum absolute atomic E-state index is 0.273. The summed E-state index contributed by atoms with van der Waals surface area (Å²) in [5, 5.41) is 12.9. The molecule has 0 spiro atoms. The highest BCUT2D eigenvalue weighted by Crippen LogP contribution is 2.29.